The lowest BCUT2D eigenvalue weighted by molar-refractivity contribution is -0.122. The Morgan fingerprint density at radius 3 is 1.97 bits per heavy atom. The van der Waals surface area contributed by atoms with Crippen molar-refractivity contribution in [2.45, 2.75) is 26.9 Å². The van der Waals surface area contributed by atoms with E-state index in [-0.39, 0.29) is 11.8 Å². The molecule has 7 nitrogen and oxygen atoms in total. The van der Waals surface area contributed by atoms with Crippen molar-refractivity contribution in [3.8, 4) is 17.2 Å². The predicted octanol–water partition coefficient (Wildman–Crippen LogP) is 4.98. The zero-order valence-corrected chi connectivity index (χ0v) is 19.4. The first-order chi connectivity index (χ1) is 15.8. The summed E-state index contributed by atoms with van der Waals surface area (Å²) in [6.45, 7) is 5.67. The second-order valence-electron chi connectivity index (χ2n) is 7.57. The first-order valence-electron chi connectivity index (χ1n) is 10.5. The van der Waals surface area contributed by atoms with Crippen molar-refractivity contribution in [2.24, 2.45) is 0 Å². The SMILES string of the molecule is COc1cc(NC(=O)C(C)Oc2ccc(C)c(C)c2)c(OC)cc1NC(=O)c1ccccc1. The highest BCUT2D eigenvalue weighted by molar-refractivity contribution is 6.05. The molecule has 0 aliphatic heterocycles. The smallest absolute Gasteiger partial charge is 0.265 e. The van der Waals surface area contributed by atoms with Crippen LogP contribution in [0, 0.1) is 13.8 Å². The van der Waals surface area contributed by atoms with Crippen LogP contribution in [0.2, 0.25) is 0 Å². The van der Waals surface area contributed by atoms with Gasteiger partial charge in [-0.3, -0.25) is 9.59 Å². The highest BCUT2D eigenvalue weighted by Gasteiger charge is 2.20. The molecule has 0 aliphatic rings. The molecule has 172 valence electrons. The Morgan fingerprint density at radius 2 is 1.39 bits per heavy atom. The van der Waals surface area contributed by atoms with Gasteiger partial charge in [-0.25, -0.2) is 0 Å². The molecule has 2 amide bonds. The Labute approximate surface area is 193 Å². The summed E-state index contributed by atoms with van der Waals surface area (Å²) in [5.41, 5.74) is 3.55. The highest BCUT2D eigenvalue weighted by Crippen LogP contribution is 2.37. The minimum Gasteiger partial charge on any atom is -0.494 e. The molecule has 1 atom stereocenters. The number of hydrogen-bond donors (Lipinski definition) is 2. The van der Waals surface area contributed by atoms with Crippen LogP contribution in [0.5, 0.6) is 17.2 Å². The number of methoxy groups -OCH3 is 2. The van der Waals surface area contributed by atoms with Gasteiger partial charge in [-0.1, -0.05) is 24.3 Å². The van der Waals surface area contributed by atoms with E-state index >= 15 is 0 Å². The van der Waals surface area contributed by atoms with E-state index in [0.29, 0.717) is 34.2 Å². The molecule has 0 saturated heterocycles. The molecular formula is C26H28N2O5. The van der Waals surface area contributed by atoms with Crippen LogP contribution in [-0.4, -0.2) is 32.1 Å². The van der Waals surface area contributed by atoms with E-state index in [9.17, 15) is 9.59 Å². The molecule has 0 radical (unpaired) electrons. The first kappa shape index (κ1) is 23.7. The Balaban J connectivity index is 1.77. The zero-order chi connectivity index (χ0) is 24.0. The second-order valence-corrected chi connectivity index (χ2v) is 7.57. The van der Waals surface area contributed by atoms with Crippen molar-refractivity contribution < 1.29 is 23.8 Å². The molecule has 3 rings (SSSR count). The number of rotatable bonds is 8. The fourth-order valence-corrected chi connectivity index (χ4v) is 3.16. The lowest BCUT2D eigenvalue weighted by Crippen LogP contribution is -2.30. The number of benzene rings is 3. The third-order valence-corrected chi connectivity index (χ3v) is 5.22. The molecular weight excluding hydrogens is 420 g/mol. The number of aryl methyl sites for hydroxylation is 2. The normalized spacial score (nSPS) is 11.3. The number of anilines is 2. The lowest BCUT2D eigenvalue weighted by atomic mass is 10.1. The van der Waals surface area contributed by atoms with Crippen LogP contribution in [0.1, 0.15) is 28.4 Å². The van der Waals surface area contributed by atoms with Crippen LogP contribution in [0.25, 0.3) is 0 Å². The quantitative estimate of drug-likeness (QED) is 0.508. The van der Waals surface area contributed by atoms with Crippen LogP contribution in [0.4, 0.5) is 11.4 Å². The third-order valence-electron chi connectivity index (χ3n) is 5.22. The maximum absolute atomic E-state index is 12.8. The van der Waals surface area contributed by atoms with Gasteiger partial charge in [0, 0.05) is 17.7 Å². The van der Waals surface area contributed by atoms with Gasteiger partial charge in [-0.15, -0.1) is 0 Å². The summed E-state index contributed by atoms with van der Waals surface area (Å²) >= 11 is 0. The van der Waals surface area contributed by atoms with Gasteiger partial charge >= 0.3 is 0 Å². The summed E-state index contributed by atoms with van der Waals surface area (Å²) in [5, 5.41) is 5.63. The zero-order valence-electron chi connectivity index (χ0n) is 19.4. The Morgan fingerprint density at radius 1 is 0.788 bits per heavy atom. The Hall–Kier alpha value is -4.00. The minimum absolute atomic E-state index is 0.289. The summed E-state index contributed by atoms with van der Waals surface area (Å²) in [6, 6.07) is 17.7. The average molecular weight is 449 g/mol. The largest absolute Gasteiger partial charge is 0.494 e. The Bertz CT molecular complexity index is 1140. The van der Waals surface area contributed by atoms with E-state index in [1.807, 2.05) is 38.1 Å². The van der Waals surface area contributed by atoms with E-state index in [2.05, 4.69) is 10.6 Å². The van der Waals surface area contributed by atoms with Crippen LogP contribution in [-0.2, 0) is 4.79 Å². The van der Waals surface area contributed by atoms with Crippen molar-refractivity contribution >= 4 is 23.2 Å². The minimum atomic E-state index is -0.750. The summed E-state index contributed by atoms with van der Waals surface area (Å²) in [6.07, 6.45) is -0.750. The van der Waals surface area contributed by atoms with Crippen molar-refractivity contribution in [3.63, 3.8) is 0 Å². The second kappa shape index (κ2) is 10.5. The standard InChI is InChI=1S/C26H28N2O5/c1-16-11-12-20(13-17(16)2)33-18(3)25(29)27-21-14-24(32-5)22(15-23(21)31-4)28-26(30)19-9-7-6-8-10-19/h6-15,18H,1-5H3,(H,27,29)(H,28,30). The van der Waals surface area contributed by atoms with Gasteiger partial charge in [0.2, 0.25) is 0 Å². The molecule has 0 heterocycles. The van der Waals surface area contributed by atoms with Gasteiger partial charge in [0.15, 0.2) is 6.10 Å². The molecule has 0 bridgehead atoms. The van der Waals surface area contributed by atoms with Crippen LogP contribution in [0.3, 0.4) is 0 Å². The van der Waals surface area contributed by atoms with Crippen LogP contribution >= 0.6 is 0 Å². The number of carbonyl (C=O) groups excluding carboxylic acids is 2. The van der Waals surface area contributed by atoms with Crippen molar-refractivity contribution in [1.82, 2.24) is 0 Å². The first-order valence-corrected chi connectivity index (χ1v) is 10.5. The summed E-state index contributed by atoms with van der Waals surface area (Å²) in [7, 11) is 2.96. The van der Waals surface area contributed by atoms with Gasteiger partial charge < -0.3 is 24.8 Å². The maximum Gasteiger partial charge on any atom is 0.265 e. The molecule has 33 heavy (non-hydrogen) atoms. The molecule has 3 aromatic rings. The number of nitrogens with one attached hydrogen (secondary N) is 2. The van der Waals surface area contributed by atoms with E-state index in [4.69, 9.17) is 14.2 Å². The fourth-order valence-electron chi connectivity index (χ4n) is 3.16. The van der Waals surface area contributed by atoms with E-state index in [0.717, 1.165) is 11.1 Å². The summed E-state index contributed by atoms with van der Waals surface area (Å²) < 4.78 is 16.7. The van der Waals surface area contributed by atoms with Gasteiger partial charge in [-0.2, -0.15) is 0 Å². The average Bonchev–Trinajstić information content (AvgIpc) is 2.82. The highest BCUT2D eigenvalue weighted by atomic mass is 16.5. The van der Waals surface area contributed by atoms with Gasteiger partial charge in [0.05, 0.1) is 25.6 Å². The van der Waals surface area contributed by atoms with Crippen molar-refractivity contribution in [2.75, 3.05) is 24.9 Å². The summed E-state index contributed by atoms with van der Waals surface area (Å²) in [5.74, 6) is 0.714. The van der Waals surface area contributed by atoms with Gasteiger partial charge in [-0.05, 0) is 56.2 Å². The molecule has 0 aliphatic carbocycles. The molecule has 0 fully saturated rings. The lowest BCUT2D eigenvalue weighted by Gasteiger charge is -2.19. The molecule has 0 spiro atoms. The third kappa shape index (κ3) is 5.83. The Kier molecular flexibility index (Phi) is 7.56. The number of carbonyl (C=O) groups is 2. The number of ether oxygens (including phenoxy) is 3. The number of hydrogen-bond acceptors (Lipinski definition) is 5. The summed E-state index contributed by atoms with van der Waals surface area (Å²) in [4.78, 5) is 25.3. The molecule has 0 aromatic heterocycles. The molecule has 7 heteroatoms. The molecule has 2 N–H and O–H groups in total. The molecule has 3 aromatic carbocycles. The topological polar surface area (TPSA) is 85.9 Å². The maximum atomic E-state index is 12.8. The van der Waals surface area contributed by atoms with Crippen LogP contribution in [0.15, 0.2) is 60.7 Å². The molecule has 1 unspecified atom stereocenters. The van der Waals surface area contributed by atoms with E-state index in [1.54, 1.807) is 43.3 Å². The number of amides is 2. The van der Waals surface area contributed by atoms with E-state index < -0.39 is 6.10 Å². The van der Waals surface area contributed by atoms with Gasteiger partial charge in [0.25, 0.3) is 11.8 Å². The van der Waals surface area contributed by atoms with E-state index in [1.165, 1.54) is 14.2 Å². The fraction of sp³-hybridized carbons (Fsp3) is 0.231. The van der Waals surface area contributed by atoms with Crippen molar-refractivity contribution in [1.29, 1.82) is 0 Å². The molecule has 0 saturated carbocycles. The van der Waals surface area contributed by atoms with Crippen LogP contribution < -0.4 is 24.8 Å². The monoisotopic (exact) mass is 448 g/mol. The van der Waals surface area contributed by atoms with Gasteiger partial charge in [0.1, 0.15) is 17.2 Å². The van der Waals surface area contributed by atoms with Crippen molar-refractivity contribution in [3.05, 3.63) is 77.4 Å². The predicted molar refractivity (Wildman–Crippen MR) is 129 cm³/mol.